The molecule has 1 saturated heterocycles. The maximum Gasteiger partial charge on any atom is 0.277 e. The van der Waals surface area contributed by atoms with Gasteiger partial charge in [-0.15, -0.1) is 10.2 Å². The molecule has 0 unspecified atom stereocenters. The molecule has 2 aromatic rings. The van der Waals surface area contributed by atoms with Gasteiger partial charge in [-0.2, -0.15) is 0 Å². The van der Waals surface area contributed by atoms with E-state index in [0.29, 0.717) is 30.2 Å². The smallest absolute Gasteiger partial charge is 0.277 e. The summed E-state index contributed by atoms with van der Waals surface area (Å²) in [4.78, 5) is 12.4. The van der Waals surface area contributed by atoms with Crippen LogP contribution >= 0.6 is 11.8 Å². The van der Waals surface area contributed by atoms with Crippen molar-refractivity contribution in [1.82, 2.24) is 10.2 Å². The molecule has 10 heteroatoms. The molecule has 1 fully saturated rings. The molecule has 2 heterocycles. The number of rotatable bonds is 7. The van der Waals surface area contributed by atoms with Gasteiger partial charge in [0.1, 0.15) is 5.75 Å². The van der Waals surface area contributed by atoms with Crippen LogP contribution in [-0.4, -0.2) is 48.4 Å². The second kappa shape index (κ2) is 8.30. The van der Waals surface area contributed by atoms with Gasteiger partial charge in [0.05, 0.1) is 29.6 Å². The first-order valence-electron chi connectivity index (χ1n) is 8.49. The van der Waals surface area contributed by atoms with Crippen LogP contribution in [0, 0.1) is 5.92 Å². The Morgan fingerprint density at radius 2 is 2.19 bits per heavy atom. The van der Waals surface area contributed by atoms with Crippen LogP contribution in [0.4, 0.5) is 5.69 Å². The number of amides is 1. The van der Waals surface area contributed by atoms with Gasteiger partial charge in [0.15, 0.2) is 9.84 Å². The lowest BCUT2D eigenvalue weighted by Gasteiger charge is -2.12. The molecule has 0 radical (unpaired) electrons. The fourth-order valence-corrected chi connectivity index (χ4v) is 5.40. The SMILES string of the molecule is COc1ccccc1NC(=O)[C@H](C)Sc1nnc(C[C@@H]2CCS(=O)(=O)C2)o1. The summed E-state index contributed by atoms with van der Waals surface area (Å²) in [6.45, 7) is 1.74. The molecule has 0 spiro atoms. The second-order valence-corrected chi connectivity index (χ2v) is 9.91. The molecular formula is C17H21N3O5S2. The van der Waals surface area contributed by atoms with E-state index in [-0.39, 0.29) is 28.6 Å². The van der Waals surface area contributed by atoms with Crippen LogP contribution in [0.25, 0.3) is 0 Å². The van der Waals surface area contributed by atoms with Crippen molar-refractivity contribution in [2.75, 3.05) is 23.9 Å². The number of aromatic nitrogens is 2. The Bertz CT molecular complexity index is 913. The summed E-state index contributed by atoms with van der Waals surface area (Å²) >= 11 is 1.15. The maximum atomic E-state index is 12.4. The van der Waals surface area contributed by atoms with Crippen molar-refractivity contribution in [3.8, 4) is 5.75 Å². The monoisotopic (exact) mass is 411 g/mol. The highest BCUT2D eigenvalue weighted by molar-refractivity contribution is 8.00. The van der Waals surface area contributed by atoms with Gasteiger partial charge >= 0.3 is 0 Å². The average Bonchev–Trinajstić information content (AvgIpc) is 3.21. The number of nitrogens with zero attached hydrogens (tertiary/aromatic N) is 2. The van der Waals surface area contributed by atoms with E-state index in [9.17, 15) is 13.2 Å². The largest absolute Gasteiger partial charge is 0.495 e. The van der Waals surface area contributed by atoms with E-state index >= 15 is 0 Å². The molecule has 1 aromatic heterocycles. The molecule has 1 amide bonds. The normalized spacial score (nSPS) is 19.6. The number of nitrogens with one attached hydrogen (secondary N) is 1. The van der Waals surface area contributed by atoms with Gasteiger partial charge < -0.3 is 14.5 Å². The summed E-state index contributed by atoms with van der Waals surface area (Å²) < 4.78 is 33.8. The number of hydrogen-bond acceptors (Lipinski definition) is 8. The zero-order valence-electron chi connectivity index (χ0n) is 15.0. The van der Waals surface area contributed by atoms with Gasteiger partial charge in [-0.1, -0.05) is 23.9 Å². The van der Waals surface area contributed by atoms with Gasteiger partial charge in [-0.05, 0) is 31.4 Å². The van der Waals surface area contributed by atoms with Gasteiger partial charge in [0, 0.05) is 6.42 Å². The Labute approximate surface area is 162 Å². The van der Waals surface area contributed by atoms with Crippen molar-refractivity contribution in [3.05, 3.63) is 30.2 Å². The van der Waals surface area contributed by atoms with Crippen LogP contribution in [0.1, 0.15) is 19.2 Å². The minimum atomic E-state index is -2.93. The van der Waals surface area contributed by atoms with Crippen molar-refractivity contribution in [2.24, 2.45) is 5.92 Å². The Kier molecular flexibility index (Phi) is 6.05. The third-order valence-corrected chi connectivity index (χ3v) is 7.02. The lowest BCUT2D eigenvalue weighted by atomic mass is 10.1. The first-order valence-corrected chi connectivity index (χ1v) is 11.2. The quantitative estimate of drug-likeness (QED) is 0.690. The Balaban J connectivity index is 1.55. The van der Waals surface area contributed by atoms with Crippen molar-refractivity contribution < 1.29 is 22.4 Å². The van der Waals surface area contributed by atoms with Crippen LogP contribution < -0.4 is 10.1 Å². The minimum absolute atomic E-state index is 0.0135. The van der Waals surface area contributed by atoms with Gasteiger partial charge in [0.25, 0.3) is 5.22 Å². The molecule has 3 rings (SSSR count). The number of ether oxygens (including phenoxy) is 1. The number of anilines is 1. The van der Waals surface area contributed by atoms with E-state index in [2.05, 4.69) is 15.5 Å². The molecule has 0 bridgehead atoms. The van der Waals surface area contributed by atoms with Crippen LogP contribution in [0.15, 0.2) is 33.9 Å². The third-order valence-electron chi connectivity index (χ3n) is 4.25. The van der Waals surface area contributed by atoms with Crippen LogP contribution in [0.5, 0.6) is 5.75 Å². The molecule has 1 aromatic carbocycles. The molecule has 1 aliphatic rings. The third kappa shape index (κ3) is 5.23. The average molecular weight is 412 g/mol. The molecule has 1 aliphatic heterocycles. The van der Waals surface area contributed by atoms with E-state index < -0.39 is 15.1 Å². The standard InChI is InChI=1S/C17H21N3O5S2/c1-11(16(21)18-13-5-3-4-6-14(13)24-2)26-17-20-19-15(25-17)9-12-7-8-27(22,23)10-12/h3-6,11-12H,7-10H2,1-2H3,(H,18,21)/t11-,12-/m0/s1. The summed E-state index contributed by atoms with van der Waals surface area (Å²) in [5, 5.41) is 10.6. The Morgan fingerprint density at radius 3 is 2.89 bits per heavy atom. The van der Waals surface area contributed by atoms with Gasteiger partial charge in [0.2, 0.25) is 11.8 Å². The Morgan fingerprint density at radius 1 is 1.41 bits per heavy atom. The number of carbonyl (C=O) groups excluding carboxylic acids is 1. The lowest BCUT2D eigenvalue weighted by Crippen LogP contribution is -2.22. The predicted molar refractivity (Wildman–Crippen MR) is 102 cm³/mol. The molecule has 146 valence electrons. The molecular weight excluding hydrogens is 390 g/mol. The van der Waals surface area contributed by atoms with Gasteiger partial charge in [-0.25, -0.2) is 8.42 Å². The first kappa shape index (κ1) is 19.7. The van der Waals surface area contributed by atoms with Crippen molar-refractivity contribution in [1.29, 1.82) is 0 Å². The highest BCUT2D eigenvalue weighted by Crippen LogP contribution is 2.28. The summed E-state index contributed by atoms with van der Waals surface area (Å²) in [5.74, 6) is 1.15. The number of sulfone groups is 1. The first-order chi connectivity index (χ1) is 12.9. The highest BCUT2D eigenvalue weighted by Gasteiger charge is 2.29. The Hall–Kier alpha value is -2.07. The van der Waals surface area contributed by atoms with Crippen LogP contribution in [0.2, 0.25) is 0 Å². The predicted octanol–water partition coefficient (Wildman–Crippen LogP) is 2.17. The maximum absolute atomic E-state index is 12.4. The minimum Gasteiger partial charge on any atom is -0.495 e. The van der Waals surface area contributed by atoms with Crippen molar-refractivity contribution in [3.63, 3.8) is 0 Å². The molecule has 0 saturated carbocycles. The summed E-state index contributed by atoms with van der Waals surface area (Å²) in [5.41, 5.74) is 0.589. The fourth-order valence-electron chi connectivity index (χ4n) is 2.84. The van der Waals surface area contributed by atoms with Crippen molar-refractivity contribution >= 4 is 33.2 Å². The van der Waals surface area contributed by atoms with Crippen molar-refractivity contribution in [2.45, 2.75) is 30.2 Å². The number of thioether (sulfide) groups is 1. The zero-order valence-corrected chi connectivity index (χ0v) is 16.7. The number of carbonyl (C=O) groups is 1. The van der Waals surface area contributed by atoms with E-state index in [4.69, 9.17) is 9.15 Å². The van der Waals surface area contributed by atoms with E-state index in [1.165, 1.54) is 0 Å². The highest BCUT2D eigenvalue weighted by atomic mass is 32.2. The molecule has 2 atom stereocenters. The summed E-state index contributed by atoms with van der Waals surface area (Å²) in [6.07, 6.45) is 1.06. The number of methoxy groups -OCH3 is 1. The van der Waals surface area contributed by atoms with Gasteiger partial charge in [-0.3, -0.25) is 4.79 Å². The van der Waals surface area contributed by atoms with E-state index in [1.54, 1.807) is 26.2 Å². The number of hydrogen-bond donors (Lipinski definition) is 1. The lowest BCUT2D eigenvalue weighted by molar-refractivity contribution is -0.115. The summed E-state index contributed by atoms with van der Waals surface area (Å²) in [7, 11) is -1.39. The molecule has 27 heavy (non-hydrogen) atoms. The molecule has 0 aliphatic carbocycles. The molecule has 8 nitrogen and oxygen atoms in total. The second-order valence-electron chi connectivity index (χ2n) is 6.38. The topological polar surface area (TPSA) is 111 Å². The molecule has 1 N–H and O–H groups in total. The van der Waals surface area contributed by atoms with Crippen LogP contribution in [0.3, 0.4) is 0 Å². The van der Waals surface area contributed by atoms with E-state index in [1.807, 2.05) is 12.1 Å². The van der Waals surface area contributed by atoms with Crippen LogP contribution in [-0.2, 0) is 21.1 Å². The summed E-state index contributed by atoms with van der Waals surface area (Å²) in [6, 6.07) is 7.15. The number of benzene rings is 1. The zero-order chi connectivity index (χ0) is 19.4. The number of para-hydroxylation sites is 2. The van der Waals surface area contributed by atoms with E-state index in [0.717, 1.165) is 11.8 Å². The fraction of sp³-hybridized carbons (Fsp3) is 0.471.